The minimum absolute atomic E-state index is 0.0482. The highest BCUT2D eigenvalue weighted by molar-refractivity contribution is 5.76. The third kappa shape index (κ3) is 13.5. The molecule has 0 saturated carbocycles. The summed E-state index contributed by atoms with van der Waals surface area (Å²) >= 11 is 0. The molecular weight excluding hydrogens is 652 g/mol. The number of carbonyl (C=O) groups is 4. The second-order valence-electron chi connectivity index (χ2n) is 11.1. The van der Waals surface area contributed by atoms with Gasteiger partial charge in [0.15, 0.2) is 6.61 Å². The van der Waals surface area contributed by atoms with E-state index < -0.39 is 61.5 Å². The first-order chi connectivity index (χ1) is 22.7. The SMILES string of the molecule is CCOC(=O)C(Cc1ccc(OCC(F)(F)C(F)F)cc1)N1CCN(CC(=O)O)CCN(C(CO)C(=O)OC)CCN(CC(=O)O)CC1. The van der Waals surface area contributed by atoms with Crippen LogP contribution < -0.4 is 4.74 Å². The minimum atomic E-state index is -4.34. The van der Waals surface area contributed by atoms with Crippen molar-refractivity contribution in [1.82, 2.24) is 19.6 Å². The van der Waals surface area contributed by atoms with Gasteiger partial charge in [-0.05, 0) is 31.0 Å². The monoisotopic (exact) mass is 696 g/mol. The predicted octanol–water partition coefficient (Wildman–Crippen LogP) is 0.365. The number of rotatable bonds is 16. The molecule has 14 nitrogen and oxygen atoms in total. The number of benzene rings is 1. The molecule has 0 aromatic heterocycles. The molecule has 18 heteroatoms. The lowest BCUT2D eigenvalue weighted by Crippen LogP contribution is -2.54. The molecule has 3 N–H and O–H groups in total. The molecule has 2 atom stereocenters. The fourth-order valence-electron chi connectivity index (χ4n) is 5.11. The number of nitrogens with zero attached hydrogens (tertiary/aromatic N) is 4. The van der Waals surface area contributed by atoms with E-state index in [9.17, 15) is 52.1 Å². The van der Waals surface area contributed by atoms with Crippen molar-refractivity contribution in [3.05, 3.63) is 29.8 Å². The molecule has 1 aliphatic heterocycles. The number of aliphatic hydroxyl groups excluding tert-OH is 1. The Morgan fingerprint density at radius 1 is 0.812 bits per heavy atom. The van der Waals surface area contributed by atoms with E-state index in [0.717, 1.165) is 0 Å². The van der Waals surface area contributed by atoms with E-state index >= 15 is 0 Å². The first kappa shape index (κ1) is 40.6. The van der Waals surface area contributed by atoms with Crippen molar-refractivity contribution in [2.75, 3.05) is 92.4 Å². The molecule has 2 rings (SSSR count). The second-order valence-corrected chi connectivity index (χ2v) is 11.1. The third-order valence-electron chi connectivity index (χ3n) is 7.72. The van der Waals surface area contributed by atoms with Crippen LogP contribution in [-0.4, -0.2) is 176 Å². The van der Waals surface area contributed by atoms with E-state index in [1.165, 1.54) is 31.4 Å². The summed E-state index contributed by atoms with van der Waals surface area (Å²) in [5.74, 6) is -7.96. The summed E-state index contributed by atoms with van der Waals surface area (Å²) in [5, 5.41) is 29.1. The average molecular weight is 697 g/mol. The topological polar surface area (TPSA) is 170 Å². The number of carbonyl (C=O) groups excluding carboxylic acids is 2. The van der Waals surface area contributed by atoms with Crippen LogP contribution in [0.1, 0.15) is 12.5 Å². The first-order valence-electron chi connectivity index (χ1n) is 15.3. The summed E-state index contributed by atoms with van der Waals surface area (Å²) in [6.07, 6.45) is -3.84. The highest BCUT2D eigenvalue weighted by atomic mass is 19.3. The lowest BCUT2D eigenvalue weighted by atomic mass is 10.0. The second kappa shape index (κ2) is 20.1. The molecule has 1 aromatic carbocycles. The first-order valence-corrected chi connectivity index (χ1v) is 15.3. The van der Waals surface area contributed by atoms with Gasteiger partial charge in [-0.1, -0.05) is 12.1 Å². The predicted molar refractivity (Wildman–Crippen MR) is 161 cm³/mol. The van der Waals surface area contributed by atoms with E-state index in [1.807, 2.05) is 0 Å². The van der Waals surface area contributed by atoms with Crippen LogP contribution in [0, 0.1) is 0 Å². The van der Waals surface area contributed by atoms with Crippen LogP contribution in [-0.2, 0) is 35.1 Å². The number of ether oxygens (including phenoxy) is 3. The summed E-state index contributed by atoms with van der Waals surface area (Å²) < 4.78 is 66.6. The molecule has 48 heavy (non-hydrogen) atoms. The van der Waals surface area contributed by atoms with Gasteiger partial charge >= 0.3 is 36.2 Å². The van der Waals surface area contributed by atoms with Gasteiger partial charge in [-0.2, -0.15) is 8.78 Å². The normalized spacial score (nSPS) is 17.9. The number of esters is 2. The Balaban J connectivity index is 2.37. The van der Waals surface area contributed by atoms with E-state index in [2.05, 4.69) is 0 Å². The number of carboxylic acids is 2. The van der Waals surface area contributed by atoms with Gasteiger partial charge in [0.2, 0.25) is 0 Å². The molecule has 2 unspecified atom stereocenters. The highest BCUT2D eigenvalue weighted by Gasteiger charge is 2.41. The highest BCUT2D eigenvalue weighted by Crippen LogP contribution is 2.25. The van der Waals surface area contributed by atoms with Crippen molar-refractivity contribution in [2.45, 2.75) is 37.8 Å². The molecule has 0 amide bonds. The molecule has 0 spiro atoms. The number of aliphatic carboxylic acids is 2. The molecule has 1 aromatic rings. The molecule has 1 fully saturated rings. The van der Waals surface area contributed by atoms with Crippen molar-refractivity contribution in [1.29, 1.82) is 0 Å². The Bertz CT molecular complexity index is 1150. The Morgan fingerprint density at radius 2 is 1.29 bits per heavy atom. The number of hydrogen-bond acceptors (Lipinski definition) is 12. The summed E-state index contributed by atoms with van der Waals surface area (Å²) in [7, 11) is 1.17. The van der Waals surface area contributed by atoms with Gasteiger partial charge in [-0.15, -0.1) is 0 Å². The van der Waals surface area contributed by atoms with Crippen LogP contribution in [0.15, 0.2) is 24.3 Å². The number of carboxylic acid groups (broad SMARTS) is 2. The number of hydrogen-bond donors (Lipinski definition) is 3. The quantitative estimate of drug-likeness (QED) is 0.160. The minimum Gasteiger partial charge on any atom is -0.487 e. The van der Waals surface area contributed by atoms with Crippen molar-refractivity contribution in [3.8, 4) is 5.75 Å². The molecule has 1 saturated heterocycles. The maximum atomic E-state index is 13.3. The number of alkyl halides is 4. The summed E-state index contributed by atoms with van der Waals surface area (Å²) in [5.41, 5.74) is 0.547. The van der Waals surface area contributed by atoms with Crippen LogP contribution in [0.3, 0.4) is 0 Å². The number of halogens is 4. The lowest BCUT2D eigenvalue weighted by Gasteiger charge is -2.37. The molecule has 1 heterocycles. The van der Waals surface area contributed by atoms with E-state index in [4.69, 9.17) is 14.2 Å². The van der Waals surface area contributed by atoms with E-state index in [-0.39, 0.29) is 84.2 Å². The van der Waals surface area contributed by atoms with Gasteiger partial charge in [0.25, 0.3) is 0 Å². The molecule has 0 radical (unpaired) electrons. The summed E-state index contributed by atoms with van der Waals surface area (Å²) in [4.78, 5) is 55.7. The van der Waals surface area contributed by atoms with Crippen molar-refractivity contribution in [3.63, 3.8) is 0 Å². The zero-order chi connectivity index (χ0) is 35.9. The lowest BCUT2D eigenvalue weighted by molar-refractivity contribution is -0.150. The maximum absolute atomic E-state index is 13.3. The molecule has 272 valence electrons. The third-order valence-corrected chi connectivity index (χ3v) is 7.72. The van der Waals surface area contributed by atoms with Gasteiger partial charge in [0.1, 0.15) is 17.8 Å². The van der Waals surface area contributed by atoms with Gasteiger partial charge < -0.3 is 29.5 Å². The Labute approximate surface area is 275 Å². The Hall–Kier alpha value is -3.58. The standard InChI is InChI=1S/C30H44F4N4O10/c1-3-47-28(45)23(16-21-4-6-22(7-5-21)48-20-30(33,34)29(31)32)37-12-8-35(17-25(40)41)10-14-38(24(19-39)27(44)46-2)15-11-36(9-13-37)18-26(42)43/h4-7,23-24,29,39H,3,8-20H2,1-2H3,(H,40,41)(H,42,43). The van der Waals surface area contributed by atoms with Crippen LogP contribution in [0.2, 0.25) is 0 Å². The van der Waals surface area contributed by atoms with Gasteiger partial charge in [0, 0.05) is 52.4 Å². The van der Waals surface area contributed by atoms with Crippen LogP contribution in [0.4, 0.5) is 17.6 Å². The smallest absolute Gasteiger partial charge is 0.340 e. The fraction of sp³-hybridized carbons (Fsp3) is 0.667. The molecule has 1 aliphatic rings. The van der Waals surface area contributed by atoms with Crippen LogP contribution in [0.25, 0.3) is 0 Å². The molecule has 0 aliphatic carbocycles. The molecular formula is C30H44F4N4O10. The van der Waals surface area contributed by atoms with E-state index in [1.54, 1.807) is 26.5 Å². The Morgan fingerprint density at radius 3 is 1.69 bits per heavy atom. The van der Waals surface area contributed by atoms with Gasteiger partial charge in [0.05, 0.1) is 33.4 Å². The van der Waals surface area contributed by atoms with Gasteiger partial charge in [-0.3, -0.25) is 38.8 Å². The Kier molecular flexibility index (Phi) is 17.0. The number of methoxy groups -OCH3 is 1. The summed E-state index contributed by atoms with van der Waals surface area (Å²) in [6.45, 7) is -0.0579. The number of aliphatic hydroxyl groups is 1. The average Bonchev–Trinajstić information content (AvgIpc) is 3.02. The van der Waals surface area contributed by atoms with Crippen LogP contribution in [0.5, 0.6) is 5.75 Å². The fourth-order valence-corrected chi connectivity index (χ4v) is 5.11. The van der Waals surface area contributed by atoms with Crippen molar-refractivity contribution < 1.29 is 66.3 Å². The zero-order valence-corrected chi connectivity index (χ0v) is 26.9. The van der Waals surface area contributed by atoms with Crippen LogP contribution >= 0.6 is 0 Å². The largest absolute Gasteiger partial charge is 0.487 e. The van der Waals surface area contributed by atoms with Gasteiger partial charge in [-0.25, -0.2) is 8.78 Å². The van der Waals surface area contributed by atoms with Crippen molar-refractivity contribution >= 4 is 23.9 Å². The summed E-state index contributed by atoms with van der Waals surface area (Å²) in [6, 6.07) is 3.59. The maximum Gasteiger partial charge on any atom is 0.340 e. The zero-order valence-electron chi connectivity index (χ0n) is 26.9. The molecule has 0 bridgehead atoms. The van der Waals surface area contributed by atoms with Crippen molar-refractivity contribution in [2.24, 2.45) is 0 Å². The van der Waals surface area contributed by atoms with E-state index in [0.29, 0.717) is 5.56 Å².